The summed E-state index contributed by atoms with van der Waals surface area (Å²) in [5.41, 5.74) is 8.25. The largest absolute Gasteiger partial charge is 0.496 e. The van der Waals surface area contributed by atoms with Crippen molar-refractivity contribution >= 4 is 0 Å². The summed E-state index contributed by atoms with van der Waals surface area (Å²) in [5, 5.41) is 4.82. The van der Waals surface area contributed by atoms with Gasteiger partial charge in [0.1, 0.15) is 11.6 Å². The predicted octanol–water partition coefficient (Wildman–Crippen LogP) is 3.25. The van der Waals surface area contributed by atoms with E-state index in [1.165, 1.54) is 0 Å². The average molecular weight is 363 g/mol. The van der Waals surface area contributed by atoms with Crippen LogP contribution in [0.3, 0.4) is 0 Å². The Bertz CT molecular complexity index is 893. The van der Waals surface area contributed by atoms with Gasteiger partial charge >= 0.3 is 0 Å². The summed E-state index contributed by atoms with van der Waals surface area (Å²) < 4.78 is 7.43. The van der Waals surface area contributed by atoms with E-state index >= 15 is 0 Å². The Morgan fingerprint density at radius 1 is 1.19 bits per heavy atom. The molecule has 2 atom stereocenters. The molecule has 0 bridgehead atoms. The van der Waals surface area contributed by atoms with Gasteiger partial charge in [0, 0.05) is 30.1 Å². The van der Waals surface area contributed by atoms with Crippen LogP contribution in [-0.2, 0) is 6.42 Å². The smallest absolute Gasteiger partial charge is 0.155 e. The quantitative estimate of drug-likeness (QED) is 0.753. The molecule has 2 N–H and O–H groups in total. The second-order valence-corrected chi connectivity index (χ2v) is 7.12. The first kappa shape index (κ1) is 17.7. The van der Waals surface area contributed by atoms with Gasteiger partial charge in [-0.1, -0.05) is 24.6 Å². The standard InChI is InChI=1S/C21H25N5O/c1-27-19-10-3-2-6-15(19)13-20-24-21(16-7-4-8-17(22)12-16)26(25-20)18-9-5-11-23-14-18/h2-3,5-6,9-11,14,16-17H,4,7-8,12-13,22H2,1H3/t16-,17+/m1/s1. The molecule has 6 nitrogen and oxygen atoms in total. The molecule has 2 heterocycles. The van der Waals surface area contributed by atoms with Gasteiger partial charge in [-0.05, 0) is 37.5 Å². The monoisotopic (exact) mass is 363 g/mol. The van der Waals surface area contributed by atoms with Gasteiger partial charge in [-0.15, -0.1) is 0 Å². The lowest BCUT2D eigenvalue weighted by molar-refractivity contribution is 0.378. The van der Waals surface area contributed by atoms with Gasteiger partial charge in [-0.2, -0.15) is 5.10 Å². The summed E-state index contributed by atoms with van der Waals surface area (Å²) >= 11 is 0. The molecule has 0 radical (unpaired) electrons. The highest BCUT2D eigenvalue weighted by Gasteiger charge is 2.26. The molecule has 1 aromatic carbocycles. The van der Waals surface area contributed by atoms with E-state index in [-0.39, 0.29) is 6.04 Å². The number of nitrogens with zero attached hydrogens (tertiary/aromatic N) is 4. The van der Waals surface area contributed by atoms with Crippen molar-refractivity contribution in [1.82, 2.24) is 19.7 Å². The second-order valence-electron chi connectivity index (χ2n) is 7.12. The minimum atomic E-state index is 0.237. The maximum Gasteiger partial charge on any atom is 0.155 e. The van der Waals surface area contributed by atoms with Crippen LogP contribution in [0.5, 0.6) is 5.75 Å². The fourth-order valence-electron chi connectivity index (χ4n) is 3.86. The number of nitrogens with two attached hydrogens (primary N) is 1. The highest BCUT2D eigenvalue weighted by molar-refractivity contribution is 5.36. The molecule has 140 valence electrons. The van der Waals surface area contributed by atoms with Crippen LogP contribution in [-0.4, -0.2) is 32.9 Å². The van der Waals surface area contributed by atoms with Crippen molar-refractivity contribution in [2.75, 3.05) is 7.11 Å². The molecule has 0 unspecified atom stereocenters. The van der Waals surface area contributed by atoms with E-state index in [0.717, 1.165) is 54.3 Å². The highest BCUT2D eigenvalue weighted by atomic mass is 16.5. The van der Waals surface area contributed by atoms with Crippen molar-refractivity contribution in [1.29, 1.82) is 0 Å². The van der Waals surface area contributed by atoms with Crippen molar-refractivity contribution in [2.24, 2.45) is 5.73 Å². The summed E-state index contributed by atoms with van der Waals surface area (Å²) in [4.78, 5) is 9.18. The fraction of sp³-hybridized carbons (Fsp3) is 0.381. The number of benzene rings is 1. The molecule has 2 aromatic heterocycles. The molecular formula is C21H25N5O. The van der Waals surface area contributed by atoms with Crippen LogP contribution < -0.4 is 10.5 Å². The summed E-state index contributed by atoms with van der Waals surface area (Å²) in [7, 11) is 1.69. The lowest BCUT2D eigenvalue weighted by Gasteiger charge is -2.26. The maximum absolute atomic E-state index is 6.23. The van der Waals surface area contributed by atoms with Crippen LogP contribution in [0.4, 0.5) is 0 Å². The number of para-hydroxylation sites is 1. The first-order valence-corrected chi connectivity index (χ1v) is 9.48. The van der Waals surface area contributed by atoms with E-state index in [0.29, 0.717) is 12.3 Å². The zero-order valence-electron chi connectivity index (χ0n) is 15.6. The zero-order chi connectivity index (χ0) is 18.6. The Morgan fingerprint density at radius 2 is 2.07 bits per heavy atom. The Morgan fingerprint density at radius 3 is 2.85 bits per heavy atom. The number of ether oxygens (including phenoxy) is 1. The van der Waals surface area contributed by atoms with Gasteiger partial charge in [0.15, 0.2) is 5.82 Å². The van der Waals surface area contributed by atoms with Crippen molar-refractivity contribution in [3.05, 3.63) is 66.0 Å². The normalized spacial score (nSPS) is 19.8. The van der Waals surface area contributed by atoms with Crippen LogP contribution in [0.1, 0.15) is 48.8 Å². The van der Waals surface area contributed by atoms with Crippen LogP contribution in [0.25, 0.3) is 5.69 Å². The molecular weight excluding hydrogens is 338 g/mol. The second kappa shape index (κ2) is 7.88. The molecule has 0 amide bonds. The fourth-order valence-corrected chi connectivity index (χ4v) is 3.86. The SMILES string of the molecule is COc1ccccc1Cc1nc([C@@H]2CCC[C@H](N)C2)n(-c2cccnc2)n1. The molecule has 1 aliphatic rings. The third-order valence-corrected chi connectivity index (χ3v) is 5.19. The van der Waals surface area contributed by atoms with E-state index in [4.69, 9.17) is 20.6 Å². The molecule has 1 saturated carbocycles. The third kappa shape index (κ3) is 3.85. The van der Waals surface area contributed by atoms with Crippen molar-refractivity contribution in [3.63, 3.8) is 0 Å². The molecule has 4 rings (SSSR count). The van der Waals surface area contributed by atoms with E-state index < -0.39 is 0 Å². The third-order valence-electron chi connectivity index (χ3n) is 5.19. The van der Waals surface area contributed by atoms with Gasteiger partial charge in [0.2, 0.25) is 0 Å². The van der Waals surface area contributed by atoms with Crippen molar-refractivity contribution in [3.8, 4) is 11.4 Å². The molecule has 0 aliphatic heterocycles. The van der Waals surface area contributed by atoms with Crippen molar-refractivity contribution in [2.45, 2.75) is 44.1 Å². The molecule has 3 aromatic rings. The Labute approximate surface area is 159 Å². The van der Waals surface area contributed by atoms with Crippen molar-refractivity contribution < 1.29 is 4.74 Å². The molecule has 6 heteroatoms. The number of hydrogen-bond acceptors (Lipinski definition) is 5. The molecule has 1 fully saturated rings. The number of methoxy groups -OCH3 is 1. The summed E-state index contributed by atoms with van der Waals surface area (Å²) in [6, 6.07) is 12.2. The van der Waals surface area contributed by atoms with Crippen LogP contribution >= 0.6 is 0 Å². The molecule has 0 saturated heterocycles. The Hall–Kier alpha value is -2.73. The topological polar surface area (TPSA) is 78.9 Å². The summed E-state index contributed by atoms with van der Waals surface area (Å²) in [6.07, 6.45) is 8.50. The van der Waals surface area contributed by atoms with Gasteiger partial charge < -0.3 is 10.5 Å². The average Bonchev–Trinajstić information content (AvgIpc) is 3.13. The minimum Gasteiger partial charge on any atom is -0.496 e. The van der Waals surface area contributed by atoms with E-state index in [9.17, 15) is 0 Å². The van der Waals surface area contributed by atoms with Crippen LogP contribution in [0.15, 0.2) is 48.8 Å². The first-order chi connectivity index (χ1) is 13.2. The number of aromatic nitrogens is 4. The lowest BCUT2D eigenvalue weighted by atomic mass is 9.85. The van der Waals surface area contributed by atoms with Gasteiger partial charge in [0.25, 0.3) is 0 Å². The summed E-state index contributed by atoms with van der Waals surface area (Å²) in [6.45, 7) is 0. The Balaban J connectivity index is 1.71. The van der Waals surface area contributed by atoms with Crippen LogP contribution in [0.2, 0.25) is 0 Å². The van der Waals surface area contributed by atoms with E-state index in [1.54, 1.807) is 13.3 Å². The Kier molecular flexibility index (Phi) is 5.16. The molecule has 27 heavy (non-hydrogen) atoms. The number of pyridine rings is 1. The number of hydrogen-bond donors (Lipinski definition) is 1. The van der Waals surface area contributed by atoms with Gasteiger partial charge in [-0.3, -0.25) is 4.98 Å². The van der Waals surface area contributed by atoms with Gasteiger partial charge in [0.05, 0.1) is 19.0 Å². The zero-order valence-corrected chi connectivity index (χ0v) is 15.6. The first-order valence-electron chi connectivity index (χ1n) is 9.48. The molecule has 0 spiro atoms. The highest BCUT2D eigenvalue weighted by Crippen LogP contribution is 2.32. The lowest BCUT2D eigenvalue weighted by Crippen LogP contribution is -2.28. The molecule has 1 aliphatic carbocycles. The number of rotatable bonds is 5. The minimum absolute atomic E-state index is 0.237. The predicted molar refractivity (Wildman–Crippen MR) is 104 cm³/mol. The van der Waals surface area contributed by atoms with Gasteiger partial charge in [-0.25, -0.2) is 9.67 Å². The maximum atomic E-state index is 6.23. The van der Waals surface area contributed by atoms with Crippen LogP contribution in [0, 0.1) is 0 Å². The summed E-state index contributed by atoms with van der Waals surface area (Å²) in [5.74, 6) is 2.96. The van der Waals surface area contributed by atoms with E-state index in [2.05, 4.69) is 11.1 Å². The van der Waals surface area contributed by atoms with E-state index in [1.807, 2.05) is 41.2 Å².